The molecule has 0 saturated heterocycles. The number of hydrogen-bond donors (Lipinski definition) is 1. The van der Waals surface area contributed by atoms with Crippen LogP contribution in [-0.4, -0.2) is 7.11 Å². The second-order valence-electron chi connectivity index (χ2n) is 4.49. The van der Waals surface area contributed by atoms with Crippen molar-refractivity contribution in [2.24, 2.45) is 5.73 Å². The van der Waals surface area contributed by atoms with E-state index in [2.05, 4.69) is 15.9 Å². The molecule has 6 heteroatoms. The average molecular weight is 360 g/mol. The van der Waals surface area contributed by atoms with Crippen molar-refractivity contribution in [1.82, 2.24) is 0 Å². The number of halogens is 4. The van der Waals surface area contributed by atoms with E-state index in [0.29, 0.717) is 11.3 Å². The van der Waals surface area contributed by atoms with Crippen LogP contribution in [0.1, 0.15) is 22.7 Å². The Bertz CT molecular complexity index is 626. The number of methoxy groups -OCH3 is 1. The predicted octanol–water partition coefficient (Wildman–Crippen LogP) is 4.52. The molecule has 2 aromatic rings. The highest BCUT2D eigenvalue weighted by Gasteiger charge is 2.30. The summed E-state index contributed by atoms with van der Waals surface area (Å²) in [6, 6.07) is 9.68. The van der Waals surface area contributed by atoms with E-state index in [9.17, 15) is 13.2 Å². The van der Waals surface area contributed by atoms with Crippen LogP contribution in [0.5, 0.6) is 5.75 Å². The number of alkyl halides is 3. The molecule has 0 aliphatic rings. The summed E-state index contributed by atoms with van der Waals surface area (Å²) in [5, 5.41) is 0. The lowest BCUT2D eigenvalue weighted by atomic mass is 9.98. The summed E-state index contributed by atoms with van der Waals surface area (Å²) in [5.41, 5.74) is 6.80. The van der Waals surface area contributed by atoms with E-state index in [1.165, 1.54) is 12.1 Å². The summed E-state index contributed by atoms with van der Waals surface area (Å²) in [7, 11) is 1.55. The number of rotatable bonds is 3. The van der Waals surface area contributed by atoms with Crippen molar-refractivity contribution in [2.75, 3.05) is 7.11 Å². The van der Waals surface area contributed by atoms with Crippen LogP contribution in [0.2, 0.25) is 0 Å². The summed E-state index contributed by atoms with van der Waals surface area (Å²) in [6.45, 7) is 0. The fourth-order valence-electron chi connectivity index (χ4n) is 1.95. The van der Waals surface area contributed by atoms with Gasteiger partial charge in [-0.1, -0.05) is 18.2 Å². The first-order chi connectivity index (χ1) is 9.82. The second kappa shape index (κ2) is 6.07. The first kappa shape index (κ1) is 15.9. The van der Waals surface area contributed by atoms with Crippen molar-refractivity contribution in [1.29, 1.82) is 0 Å². The minimum Gasteiger partial charge on any atom is -0.496 e. The molecule has 0 heterocycles. The minimum absolute atomic E-state index is 0.505. The van der Waals surface area contributed by atoms with Gasteiger partial charge in [0.15, 0.2) is 0 Å². The first-order valence-corrected chi connectivity index (χ1v) is 6.88. The third-order valence-electron chi connectivity index (χ3n) is 3.13. The van der Waals surface area contributed by atoms with Gasteiger partial charge in [-0.05, 0) is 51.3 Å². The van der Waals surface area contributed by atoms with E-state index in [4.69, 9.17) is 10.5 Å². The zero-order valence-electron chi connectivity index (χ0n) is 11.1. The lowest BCUT2D eigenvalue weighted by Crippen LogP contribution is -2.13. The molecule has 0 radical (unpaired) electrons. The van der Waals surface area contributed by atoms with Crippen LogP contribution in [0, 0.1) is 0 Å². The fraction of sp³-hybridized carbons (Fsp3) is 0.200. The maximum Gasteiger partial charge on any atom is 0.416 e. The van der Waals surface area contributed by atoms with Crippen molar-refractivity contribution in [3.05, 3.63) is 63.6 Å². The van der Waals surface area contributed by atoms with Gasteiger partial charge in [-0.15, -0.1) is 0 Å². The van der Waals surface area contributed by atoms with Gasteiger partial charge < -0.3 is 10.5 Å². The van der Waals surface area contributed by atoms with E-state index in [-0.39, 0.29) is 0 Å². The third-order valence-corrected chi connectivity index (χ3v) is 3.75. The van der Waals surface area contributed by atoms with Gasteiger partial charge in [-0.3, -0.25) is 0 Å². The van der Waals surface area contributed by atoms with Gasteiger partial charge in [0.1, 0.15) is 5.75 Å². The summed E-state index contributed by atoms with van der Waals surface area (Å²) < 4.78 is 43.5. The second-order valence-corrected chi connectivity index (χ2v) is 5.35. The molecular weight excluding hydrogens is 347 g/mol. The SMILES string of the molecule is COc1ccc(C(N)c2ccc(C(F)(F)F)cc2)cc1Br. The largest absolute Gasteiger partial charge is 0.496 e. The van der Waals surface area contributed by atoms with Crippen molar-refractivity contribution in [3.63, 3.8) is 0 Å². The highest BCUT2D eigenvalue weighted by Crippen LogP contribution is 2.32. The van der Waals surface area contributed by atoms with E-state index in [1.54, 1.807) is 25.3 Å². The molecule has 112 valence electrons. The van der Waals surface area contributed by atoms with Gasteiger partial charge in [-0.25, -0.2) is 0 Å². The lowest BCUT2D eigenvalue weighted by Gasteiger charge is -2.15. The van der Waals surface area contributed by atoms with Crippen molar-refractivity contribution in [3.8, 4) is 5.75 Å². The molecule has 0 spiro atoms. The smallest absolute Gasteiger partial charge is 0.416 e. The van der Waals surface area contributed by atoms with Crippen molar-refractivity contribution in [2.45, 2.75) is 12.2 Å². The van der Waals surface area contributed by atoms with Crippen LogP contribution >= 0.6 is 15.9 Å². The number of nitrogens with two attached hydrogens (primary N) is 1. The summed E-state index contributed by atoms with van der Waals surface area (Å²) in [6.07, 6.45) is -4.34. The number of ether oxygens (including phenoxy) is 1. The molecule has 0 bridgehead atoms. The standard InChI is InChI=1S/C15H13BrF3NO/c1-21-13-7-4-10(8-12(13)16)14(20)9-2-5-11(6-3-9)15(17,18)19/h2-8,14H,20H2,1H3. The fourth-order valence-corrected chi connectivity index (χ4v) is 2.51. The highest BCUT2D eigenvalue weighted by molar-refractivity contribution is 9.10. The maximum absolute atomic E-state index is 12.5. The van der Waals surface area contributed by atoms with Crippen LogP contribution in [0.3, 0.4) is 0 Å². The van der Waals surface area contributed by atoms with E-state index >= 15 is 0 Å². The molecule has 1 atom stereocenters. The molecule has 0 aliphatic heterocycles. The molecule has 0 amide bonds. The molecule has 2 rings (SSSR count). The maximum atomic E-state index is 12.5. The van der Waals surface area contributed by atoms with Gasteiger partial charge in [0.25, 0.3) is 0 Å². The Balaban J connectivity index is 2.27. The Hall–Kier alpha value is -1.53. The van der Waals surface area contributed by atoms with Gasteiger partial charge in [-0.2, -0.15) is 13.2 Å². The molecule has 2 nitrogen and oxygen atoms in total. The highest BCUT2D eigenvalue weighted by atomic mass is 79.9. The van der Waals surface area contributed by atoms with E-state index in [1.807, 2.05) is 0 Å². The van der Waals surface area contributed by atoms with Gasteiger partial charge in [0.2, 0.25) is 0 Å². The Morgan fingerprint density at radius 3 is 2.10 bits per heavy atom. The Morgan fingerprint density at radius 2 is 1.62 bits per heavy atom. The molecule has 2 N–H and O–H groups in total. The molecule has 0 fully saturated rings. The molecule has 0 aromatic heterocycles. The molecule has 0 saturated carbocycles. The van der Waals surface area contributed by atoms with Gasteiger partial charge >= 0.3 is 6.18 Å². The van der Waals surface area contributed by atoms with Gasteiger partial charge in [0, 0.05) is 0 Å². The zero-order valence-corrected chi connectivity index (χ0v) is 12.7. The number of hydrogen-bond acceptors (Lipinski definition) is 2. The van der Waals surface area contributed by atoms with Crippen LogP contribution in [0.15, 0.2) is 46.9 Å². The molecular formula is C15H13BrF3NO. The molecule has 1 unspecified atom stereocenters. The Kier molecular flexibility index (Phi) is 4.58. The lowest BCUT2D eigenvalue weighted by molar-refractivity contribution is -0.137. The Labute approximate surface area is 128 Å². The Morgan fingerprint density at radius 1 is 1.05 bits per heavy atom. The molecule has 0 aliphatic carbocycles. The summed E-state index contributed by atoms with van der Waals surface area (Å²) in [5.74, 6) is 0.665. The van der Waals surface area contributed by atoms with E-state index in [0.717, 1.165) is 22.2 Å². The number of benzene rings is 2. The zero-order chi connectivity index (χ0) is 15.6. The summed E-state index contributed by atoms with van der Waals surface area (Å²) in [4.78, 5) is 0. The normalized spacial score (nSPS) is 13.0. The molecule has 2 aromatic carbocycles. The van der Waals surface area contributed by atoms with E-state index < -0.39 is 17.8 Å². The topological polar surface area (TPSA) is 35.2 Å². The quantitative estimate of drug-likeness (QED) is 0.873. The monoisotopic (exact) mass is 359 g/mol. The van der Waals surface area contributed by atoms with Crippen LogP contribution in [-0.2, 0) is 6.18 Å². The van der Waals surface area contributed by atoms with Crippen LogP contribution < -0.4 is 10.5 Å². The molecule has 21 heavy (non-hydrogen) atoms. The predicted molar refractivity (Wildman–Crippen MR) is 78.2 cm³/mol. The third kappa shape index (κ3) is 3.57. The minimum atomic E-state index is -4.34. The van der Waals surface area contributed by atoms with Crippen molar-refractivity contribution >= 4 is 15.9 Å². The van der Waals surface area contributed by atoms with Gasteiger partial charge in [0.05, 0.1) is 23.2 Å². The van der Waals surface area contributed by atoms with Crippen LogP contribution in [0.25, 0.3) is 0 Å². The van der Waals surface area contributed by atoms with Crippen LogP contribution in [0.4, 0.5) is 13.2 Å². The summed E-state index contributed by atoms with van der Waals surface area (Å²) >= 11 is 3.36. The van der Waals surface area contributed by atoms with Crippen molar-refractivity contribution < 1.29 is 17.9 Å². The average Bonchev–Trinajstić information content (AvgIpc) is 2.45. The first-order valence-electron chi connectivity index (χ1n) is 6.09.